The van der Waals surface area contributed by atoms with E-state index in [1.165, 1.54) is 23.5 Å². The first kappa shape index (κ1) is 25.7. The Kier molecular flexibility index (Phi) is 8.68. The molecule has 0 saturated carbocycles. The lowest BCUT2D eigenvalue weighted by Gasteiger charge is -2.24. The summed E-state index contributed by atoms with van der Waals surface area (Å²) in [6.07, 6.45) is 3.35. The van der Waals surface area contributed by atoms with Gasteiger partial charge in [-0.3, -0.25) is 9.10 Å². The van der Waals surface area contributed by atoms with Gasteiger partial charge < -0.3 is 10.1 Å². The summed E-state index contributed by atoms with van der Waals surface area (Å²) in [5.41, 5.74) is 1.23. The fraction of sp³-hybridized carbons (Fsp3) is 0.409. The van der Waals surface area contributed by atoms with Gasteiger partial charge in [-0.2, -0.15) is 0 Å². The predicted octanol–water partition coefficient (Wildman–Crippen LogP) is 2.91. The van der Waals surface area contributed by atoms with Gasteiger partial charge in [-0.15, -0.1) is 0 Å². The molecule has 0 spiro atoms. The van der Waals surface area contributed by atoms with Gasteiger partial charge in [0.25, 0.3) is 0 Å². The Morgan fingerprint density at radius 1 is 1.03 bits per heavy atom. The molecular formula is C22H30N2O6S2. The van der Waals surface area contributed by atoms with E-state index in [1.54, 1.807) is 36.4 Å². The van der Waals surface area contributed by atoms with Gasteiger partial charge in [0, 0.05) is 19.2 Å². The number of benzene rings is 2. The van der Waals surface area contributed by atoms with Crippen LogP contribution in [-0.2, 0) is 24.7 Å². The molecule has 10 heteroatoms. The number of carbonyl (C=O) groups excluding carboxylic acids is 1. The van der Waals surface area contributed by atoms with Crippen molar-refractivity contribution in [2.24, 2.45) is 0 Å². The number of sulfone groups is 1. The van der Waals surface area contributed by atoms with Crippen molar-refractivity contribution in [3.63, 3.8) is 0 Å². The molecule has 0 radical (unpaired) electrons. The maximum absolute atomic E-state index is 12.5. The van der Waals surface area contributed by atoms with Crippen LogP contribution in [0.1, 0.15) is 37.8 Å². The third-order valence-electron chi connectivity index (χ3n) is 4.97. The van der Waals surface area contributed by atoms with Crippen LogP contribution in [0.15, 0.2) is 53.4 Å². The van der Waals surface area contributed by atoms with Gasteiger partial charge >= 0.3 is 0 Å². The number of amides is 1. The standard InChI is InChI=1S/C22H30N2O6S2/c1-5-19(17-12-14-18(15-13-17)31(3,26)27)23-22(25)11-8-16-24(32(4,28)29)20-9-6-7-10-21(20)30-2/h6-7,9-10,12-15,19H,5,8,11,16H2,1-4H3,(H,23,25)/t19-/m0/s1. The summed E-state index contributed by atoms with van der Waals surface area (Å²) < 4.78 is 54.4. The first-order chi connectivity index (χ1) is 15.0. The highest BCUT2D eigenvalue weighted by molar-refractivity contribution is 7.92. The number of hydrogen-bond donors (Lipinski definition) is 1. The maximum Gasteiger partial charge on any atom is 0.232 e. The lowest BCUT2D eigenvalue weighted by Crippen LogP contribution is -2.33. The lowest BCUT2D eigenvalue weighted by atomic mass is 10.0. The number of anilines is 1. The van der Waals surface area contributed by atoms with Gasteiger partial charge in [-0.1, -0.05) is 31.2 Å². The van der Waals surface area contributed by atoms with E-state index in [0.717, 1.165) is 18.1 Å². The van der Waals surface area contributed by atoms with Gasteiger partial charge in [-0.25, -0.2) is 16.8 Å². The number of methoxy groups -OCH3 is 1. The highest BCUT2D eigenvalue weighted by atomic mass is 32.2. The average Bonchev–Trinajstić information content (AvgIpc) is 2.73. The number of ether oxygens (including phenoxy) is 1. The van der Waals surface area contributed by atoms with Crippen molar-refractivity contribution in [3.05, 3.63) is 54.1 Å². The average molecular weight is 483 g/mol. The van der Waals surface area contributed by atoms with E-state index in [0.29, 0.717) is 24.3 Å². The molecule has 0 aliphatic carbocycles. The van der Waals surface area contributed by atoms with Gasteiger partial charge in [0.05, 0.1) is 30.0 Å². The third kappa shape index (κ3) is 6.96. The molecule has 0 fully saturated rings. The second-order valence-electron chi connectivity index (χ2n) is 7.48. The van der Waals surface area contributed by atoms with Crippen LogP contribution in [0.2, 0.25) is 0 Å². The number of carbonyl (C=O) groups is 1. The zero-order chi connectivity index (χ0) is 23.9. The molecule has 0 saturated heterocycles. The Hall–Kier alpha value is -2.59. The molecule has 1 amide bonds. The molecule has 1 atom stereocenters. The molecule has 2 aromatic carbocycles. The van der Waals surface area contributed by atoms with E-state index < -0.39 is 19.9 Å². The minimum absolute atomic E-state index is 0.131. The summed E-state index contributed by atoms with van der Waals surface area (Å²) in [6.45, 7) is 2.05. The number of sulfonamides is 1. The van der Waals surface area contributed by atoms with Crippen molar-refractivity contribution >= 4 is 31.5 Å². The summed E-state index contributed by atoms with van der Waals surface area (Å²) in [6, 6.07) is 13.0. The molecule has 0 unspecified atom stereocenters. The van der Waals surface area contributed by atoms with Gasteiger partial charge in [0.15, 0.2) is 9.84 Å². The van der Waals surface area contributed by atoms with Gasteiger partial charge in [0.1, 0.15) is 5.75 Å². The Labute approximate surface area is 190 Å². The number of rotatable bonds is 11. The molecule has 2 rings (SSSR count). The van der Waals surface area contributed by atoms with Gasteiger partial charge in [-0.05, 0) is 42.7 Å². The first-order valence-corrected chi connectivity index (χ1v) is 13.9. The predicted molar refractivity (Wildman–Crippen MR) is 125 cm³/mol. The molecule has 0 aliphatic heterocycles. The quantitative estimate of drug-likeness (QED) is 0.527. The summed E-state index contributed by atoms with van der Waals surface area (Å²) >= 11 is 0. The smallest absolute Gasteiger partial charge is 0.232 e. The Bertz CT molecular complexity index is 1130. The highest BCUT2D eigenvalue weighted by Crippen LogP contribution is 2.29. The number of hydrogen-bond acceptors (Lipinski definition) is 6. The van der Waals surface area contributed by atoms with Crippen molar-refractivity contribution in [2.45, 2.75) is 37.1 Å². The van der Waals surface area contributed by atoms with E-state index in [1.807, 2.05) is 6.92 Å². The minimum Gasteiger partial charge on any atom is -0.495 e. The van der Waals surface area contributed by atoms with Crippen molar-refractivity contribution in [3.8, 4) is 5.75 Å². The second kappa shape index (κ2) is 10.8. The number of nitrogens with one attached hydrogen (secondary N) is 1. The van der Waals surface area contributed by atoms with Crippen molar-refractivity contribution in [2.75, 3.05) is 30.5 Å². The Balaban J connectivity index is 2.02. The topological polar surface area (TPSA) is 110 Å². The summed E-state index contributed by atoms with van der Waals surface area (Å²) in [4.78, 5) is 12.7. The second-order valence-corrected chi connectivity index (χ2v) is 11.4. The van der Waals surface area contributed by atoms with Crippen LogP contribution in [0.25, 0.3) is 0 Å². The molecule has 32 heavy (non-hydrogen) atoms. The van der Waals surface area contributed by atoms with Crippen molar-refractivity contribution in [1.29, 1.82) is 0 Å². The normalized spacial score (nSPS) is 12.8. The third-order valence-corrected chi connectivity index (χ3v) is 7.28. The molecule has 0 aromatic heterocycles. The fourth-order valence-electron chi connectivity index (χ4n) is 3.32. The Morgan fingerprint density at radius 3 is 2.19 bits per heavy atom. The maximum atomic E-state index is 12.5. The summed E-state index contributed by atoms with van der Waals surface area (Å²) in [7, 11) is -5.38. The van der Waals surface area contributed by atoms with E-state index in [9.17, 15) is 21.6 Å². The van der Waals surface area contributed by atoms with Crippen LogP contribution in [-0.4, -0.2) is 48.9 Å². The first-order valence-electron chi connectivity index (χ1n) is 10.2. The monoisotopic (exact) mass is 482 g/mol. The molecule has 0 aliphatic rings. The number of nitrogens with zero attached hydrogens (tertiary/aromatic N) is 1. The SMILES string of the molecule is CC[C@H](NC(=O)CCCN(c1ccccc1OC)S(C)(=O)=O)c1ccc(S(C)(=O)=O)cc1. The lowest BCUT2D eigenvalue weighted by molar-refractivity contribution is -0.121. The van der Waals surface area contributed by atoms with Crippen LogP contribution < -0.4 is 14.4 Å². The molecular weight excluding hydrogens is 452 g/mol. The van der Waals surface area contributed by atoms with E-state index in [4.69, 9.17) is 4.74 Å². The molecule has 1 N–H and O–H groups in total. The largest absolute Gasteiger partial charge is 0.495 e. The van der Waals surface area contributed by atoms with E-state index in [2.05, 4.69) is 5.32 Å². The minimum atomic E-state index is -3.56. The van der Waals surface area contributed by atoms with Crippen LogP contribution in [0.3, 0.4) is 0 Å². The highest BCUT2D eigenvalue weighted by Gasteiger charge is 2.21. The zero-order valence-corrected chi connectivity index (χ0v) is 20.4. The molecule has 2 aromatic rings. The summed E-state index contributed by atoms with van der Waals surface area (Å²) in [5.74, 6) is 0.225. The van der Waals surface area contributed by atoms with Crippen molar-refractivity contribution in [1.82, 2.24) is 5.32 Å². The molecule has 176 valence electrons. The molecule has 0 heterocycles. The van der Waals surface area contributed by atoms with Crippen LogP contribution in [0, 0.1) is 0 Å². The van der Waals surface area contributed by atoms with E-state index >= 15 is 0 Å². The van der Waals surface area contributed by atoms with E-state index in [-0.39, 0.29) is 29.8 Å². The van der Waals surface area contributed by atoms with Gasteiger partial charge in [0.2, 0.25) is 15.9 Å². The number of para-hydroxylation sites is 2. The van der Waals surface area contributed by atoms with Crippen LogP contribution in [0.5, 0.6) is 5.75 Å². The van der Waals surface area contributed by atoms with Crippen LogP contribution in [0.4, 0.5) is 5.69 Å². The Morgan fingerprint density at radius 2 is 1.66 bits per heavy atom. The molecule has 0 bridgehead atoms. The fourth-order valence-corrected chi connectivity index (χ4v) is 4.92. The zero-order valence-electron chi connectivity index (χ0n) is 18.7. The van der Waals surface area contributed by atoms with Crippen molar-refractivity contribution < 1.29 is 26.4 Å². The molecule has 8 nitrogen and oxygen atoms in total. The van der Waals surface area contributed by atoms with Crippen LogP contribution >= 0.6 is 0 Å². The summed E-state index contributed by atoms with van der Waals surface area (Å²) in [5, 5.41) is 2.93.